The lowest BCUT2D eigenvalue weighted by atomic mass is 9.68. The molecule has 13 heteroatoms. The molecule has 5 atom stereocenters. The SMILES string of the molecule is CN(C(=O)O[C@H]1/C=C/CN(C)C2(CCC2)C(=O)NS(=O)(=O)c2ccc3c(c2)N(C[C@@H]2CC[C@H]21)C[C@@]1(CCCc2cc(Cl)ccc21)CO3)[C@H]1CCOC1. The van der Waals surface area contributed by atoms with Crippen molar-refractivity contribution in [1.29, 1.82) is 0 Å². The minimum Gasteiger partial charge on any atom is -0.490 e. The average molecular weight is 753 g/mol. The zero-order chi connectivity index (χ0) is 36.3. The lowest BCUT2D eigenvalue weighted by Crippen LogP contribution is -2.62. The van der Waals surface area contributed by atoms with E-state index in [4.69, 9.17) is 25.8 Å². The Morgan fingerprint density at radius 2 is 1.94 bits per heavy atom. The first kappa shape index (κ1) is 35.7. The van der Waals surface area contributed by atoms with Crippen molar-refractivity contribution in [3.63, 3.8) is 0 Å². The maximum Gasteiger partial charge on any atom is 0.410 e. The van der Waals surface area contributed by atoms with Gasteiger partial charge in [0.15, 0.2) is 0 Å². The summed E-state index contributed by atoms with van der Waals surface area (Å²) < 4.78 is 48.8. The molecular weight excluding hydrogens is 704 g/mol. The van der Waals surface area contributed by atoms with Crippen LogP contribution in [0.3, 0.4) is 0 Å². The second-order valence-electron chi connectivity index (χ2n) is 15.8. The van der Waals surface area contributed by atoms with Gasteiger partial charge in [-0.25, -0.2) is 17.9 Å². The number of amides is 2. The molecule has 2 aromatic carbocycles. The molecule has 52 heavy (non-hydrogen) atoms. The number of benzene rings is 2. The third-order valence-corrected chi connectivity index (χ3v) is 14.5. The van der Waals surface area contributed by atoms with Crippen molar-refractivity contribution >= 4 is 39.3 Å². The van der Waals surface area contributed by atoms with E-state index in [1.807, 2.05) is 30.2 Å². The summed E-state index contributed by atoms with van der Waals surface area (Å²) in [6, 6.07) is 11.1. The zero-order valence-electron chi connectivity index (χ0n) is 30.0. The molecule has 280 valence electrons. The van der Waals surface area contributed by atoms with Crippen LogP contribution < -0.4 is 14.4 Å². The number of carbonyl (C=O) groups is 2. The number of fused-ring (bicyclic) bond motifs is 4. The van der Waals surface area contributed by atoms with Crippen molar-refractivity contribution in [2.24, 2.45) is 11.8 Å². The number of anilines is 1. The van der Waals surface area contributed by atoms with Gasteiger partial charge in [0.25, 0.3) is 15.9 Å². The van der Waals surface area contributed by atoms with Crippen LogP contribution in [0.4, 0.5) is 10.5 Å². The maximum atomic E-state index is 13.9. The van der Waals surface area contributed by atoms with Crippen LogP contribution in [0.25, 0.3) is 0 Å². The van der Waals surface area contributed by atoms with E-state index >= 15 is 0 Å². The molecule has 3 fully saturated rings. The van der Waals surface area contributed by atoms with E-state index in [0.29, 0.717) is 68.8 Å². The van der Waals surface area contributed by atoms with Gasteiger partial charge in [0.05, 0.1) is 29.8 Å². The topological polar surface area (TPSA) is 118 Å². The molecule has 0 unspecified atom stereocenters. The highest BCUT2D eigenvalue weighted by Crippen LogP contribution is 2.47. The Bertz CT molecular complexity index is 1860. The van der Waals surface area contributed by atoms with Crippen molar-refractivity contribution in [2.45, 2.75) is 85.8 Å². The lowest BCUT2D eigenvalue weighted by Gasteiger charge is -2.47. The first-order valence-corrected chi connectivity index (χ1v) is 20.6. The fourth-order valence-electron chi connectivity index (χ4n) is 9.34. The van der Waals surface area contributed by atoms with Gasteiger partial charge in [-0.2, -0.15) is 0 Å². The summed E-state index contributed by atoms with van der Waals surface area (Å²) in [6.45, 7) is 3.21. The third kappa shape index (κ3) is 6.37. The number of halogens is 1. The van der Waals surface area contributed by atoms with Crippen molar-refractivity contribution in [3.05, 3.63) is 64.7 Å². The minimum atomic E-state index is -4.19. The number of sulfonamides is 1. The van der Waals surface area contributed by atoms with Crippen molar-refractivity contribution in [2.75, 3.05) is 58.5 Å². The molecule has 11 nitrogen and oxygen atoms in total. The molecule has 3 heterocycles. The number of hydrogen-bond donors (Lipinski definition) is 1. The summed E-state index contributed by atoms with van der Waals surface area (Å²) in [5, 5.41) is 0.711. The second-order valence-corrected chi connectivity index (χ2v) is 18.0. The lowest BCUT2D eigenvalue weighted by molar-refractivity contribution is -0.136. The molecule has 6 aliphatic rings. The number of hydrogen-bond acceptors (Lipinski definition) is 9. The molecule has 2 spiro atoms. The van der Waals surface area contributed by atoms with E-state index in [0.717, 1.165) is 44.9 Å². The van der Waals surface area contributed by atoms with Crippen molar-refractivity contribution in [1.82, 2.24) is 14.5 Å². The second kappa shape index (κ2) is 13.8. The Morgan fingerprint density at radius 3 is 2.67 bits per heavy atom. The maximum absolute atomic E-state index is 13.9. The molecule has 0 aromatic heterocycles. The summed E-state index contributed by atoms with van der Waals surface area (Å²) in [5.74, 6) is 0.310. The molecular formula is C39H49ClN4O7S. The van der Waals surface area contributed by atoms with Gasteiger partial charge >= 0.3 is 6.09 Å². The Kier molecular flexibility index (Phi) is 9.49. The molecule has 0 radical (unpaired) electrons. The fourth-order valence-corrected chi connectivity index (χ4v) is 10.6. The van der Waals surface area contributed by atoms with Gasteiger partial charge in [0, 0.05) is 49.6 Å². The summed E-state index contributed by atoms with van der Waals surface area (Å²) in [5.41, 5.74) is 1.83. The number of aryl methyl sites for hydroxylation is 1. The Hall–Kier alpha value is -3.32. The fraction of sp³-hybridized carbons (Fsp3) is 0.590. The molecule has 3 aliphatic heterocycles. The monoisotopic (exact) mass is 752 g/mol. The molecule has 2 saturated carbocycles. The summed E-state index contributed by atoms with van der Waals surface area (Å²) >= 11 is 6.46. The number of rotatable bonds is 2. The Morgan fingerprint density at radius 1 is 1.10 bits per heavy atom. The summed E-state index contributed by atoms with van der Waals surface area (Å²) in [4.78, 5) is 33.4. The summed E-state index contributed by atoms with van der Waals surface area (Å²) in [6.07, 6.45) is 10.5. The van der Waals surface area contributed by atoms with Gasteiger partial charge in [-0.3, -0.25) is 9.69 Å². The molecule has 8 rings (SSSR count). The largest absolute Gasteiger partial charge is 0.490 e. The van der Waals surface area contributed by atoms with Gasteiger partial charge in [-0.05, 0) is 118 Å². The zero-order valence-corrected chi connectivity index (χ0v) is 31.6. The van der Waals surface area contributed by atoms with Gasteiger partial charge in [-0.15, -0.1) is 0 Å². The molecule has 2 aromatic rings. The first-order chi connectivity index (χ1) is 25.0. The van der Waals surface area contributed by atoms with Gasteiger partial charge in [0.2, 0.25) is 0 Å². The Labute approximate surface area is 311 Å². The van der Waals surface area contributed by atoms with E-state index in [1.165, 1.54) is 17.2 Å². The van der Waals surface area contributed by atoms with Crippen LogP contribution in [0.5, 0.6) is 5.75 Å². The van der Waals surface area contributed by atoms with Crippen LogP contribution in [-0.4, -0.2) is 101 Å². The van der Waals surface area contributed by atoms with E-state index in [-0.39, 0.29) is 34.3 Å². The quantitative estimate of drug-likeness (QED) is 0.409. The number of nitrogens with zero attached hydrogens (tertiary/aromatic N) is 3. The van der Waals surface area contributed by atoms with E-state index < -0.39 is 27.6 Å². The normalized spacial score (nSPS) is 31.5. The first-order valence-electron chi connectivity index (χ1n) is 18.8. The van der Waals surface area contributed by atoms with Crippen LogP contribution in [0.1, 0.15) is 62.5 Å². The Balaban J connectivity index is 1.18. The number of carbonyl (C=O) groups excluding carboxylic acids is 2. The van der Waals surface area contributed by atoms with E-state index in [2.05, 4.69) is 21.8 Å². The highest BCUT2D eigenvalue weighted by molar-refractivity contribution is 7.90. The predicted molar refractivity (Wildman–Crippen MR) is 197 cm³/mol. The van der Waals surface area contributed by atoms with Crippen LogP contribution >= 0.6 is 11.6 Å². The average Bonchev–Trinajstić information content (AvgIpc) is 3.57. The van der Waals surface area contributed by atoms with E-state index in [1.54, 1.807) is 24.1 Å². The standard InChI is InChI=1S/C39H49ClN4O7S/c1-42-18-4-7-34(51-37(46)43(2)29-14-19-49-23-29)31-11-8-27(31)22-44-24-38(15-3-6-26-20-28(40)9-12-32(26)38)25-50-35-13-10-30(21-33(35)44)52(47,48)41-36(45)39(42)16-5-17-39/h4,7,9-10,12-13,20-21,27,29,31,34H,3,5-6,8,11,14-19,22-25H2,1-2H3,(H,41,45)/b7-4+/t27-,29-,31+,34-,38-/m0/s1. The van der Waals surface area contributed by atoms with Crippen LogP contribution in [0, 0.1) is 11.8 Å². The molecule has 2 amide bonds. The smallest absolute Gasteiger partial charge is 0.410 e. The van der Waals surface area contributed by atoms with E-state index in [9.17, 15) is 18.0 Å². The highest BCUT2D eigenvalue weighted by Gasteiger charge is 2.49. The predicted octanol–water partition coefficient (Wildman–Crippen LogP) is 5.29. The molecule has 1 N–H and O–H groups in total. The van der Waals surface area contributed by atoms with Gasteiger partial charge in [-0.1, -0.05) is 23.7 Å². The summed E-state index contributed by atoms with van der Waals surface area (Å²) in [7, 11) is -0.560. The third-order valence-electron chi connectivity index (χ3n) is 12.9. The number of nitrogens with one attached hydrogen (secondary N) is 1. The minimum absolute atomic E-state index is 0.0218. The van der Waals surface area contributed by atoms with Gasteiger partial charge in [0.1, 0.15) is 17.4 Å². The van der Waals surface area contributed by atoms with Gasteiger partial charge < -0.3 is 24.0 Å². The molecule has 2 bridgehead atoms. The van der Waals surface area contributed by atoms with Crippen molar-refractivity contribution in [3.8, 4) is 5.75 Å². The molecule has 3 aliphatic carbocycles. The number of likely N-dealkylation sites (N-methyl/N-ethyl adjacent to an activating group) is 2. The highest BCUT2D eigenvalue weighted by atomic mass is 35.5. The molecule has 1 saturated heterocycles. The van der Waals surface area contributed by atoms with Crippen LogP contribution in [0.2, 0.25) is 5.02 Å². The van der Waals surface area contributed by atoms with Crippen LogP contribution in [0.15, 0.2) is 53.4 Å². The van der Waals surface area contributed by atoms with Crippen molar-refractivity contribution < 1.29 is 32.2 Å². The number of ether oxygens (including phenoxy) is 3. The van der Waals surface area contributed by atoms with Crippen LogP contribution in [-0.2, 0) is 36.1 Å².